The summed E-state index contributed by atoms with van der Waals surface area (Å²) < 4.78 is 19.6. The lowest BCUT2D eigenvalue weighted by molar-refractivity contribution is 0.0692. The first-order valence-electron chi connectivity index (χ1n) is 5.57. The summed E-state index contributed by atoms with van der Waals surface area (Å²) in [5.41, 5.74) is 0.302. The van der Waals surface area contributed by atoms with Gasteiger partial charge in [0.15, 0.2) is 0 Å². The van der Waals surface area contributed by atoms with Crippen molar-refractivity contribution in [2.24, 2.45) is 0 Å². The summed E-state index contributed by atoms with van der Waals surface area (Å²) >= 11 is 8.96. The Morgan fingerprint density at radius 1 is 1.30 bits per heavy atom. The fraction of sp³-hybridized carbons (Fsp3) is 0.0714. The highest BCUT2D eigenvalue weighted by atomic mass is 79.9. The standard InChI is InChI=1S/C14H9BrClFO3/c15-9-2-1-8(12(17)5-9)7-20-13-6-10(16)3-4-11(13)14(18)19/h1-6H,7H2,(H,18,19). The third-order valence-electron chi connectivity index (χ3n) is 2.57. The Labute approximate surface area is 128 Å². The molecule has 0 unspecified atom stereocenters. The van der Waals surface area contributed by atoms with E-state index < -0.39 is 11.8 Å². The molecule has 0 amide bonds. The van der Waals surface area contributed by atoms with Gasteiger partial charge in [0, 0.05) is 15.1 Å². The van der Waals surface area contributed by atoms with Crippen LogP contribution in [0.15, 0.2) is 40.9 Å². The molecule has 0 heterocycles. The van der Waals surface area contributed by atoms with Crippen molar-refractivity contribution in [3.05, 3.63) is 62.8 Å². The van der Waals surface area contributed by atoms with Crippen LogP contribution in [0.5, 0.6) is 5.75 Å². The minimum atomic E-state index is -1.13. The zero-order valence-corrected chi connectivity index (χ0v) is 12.4. The van der Waals surface area contributed by atoms with Crippen LogP contribution in [0, 0.1) is 5.82 Å². The predicted molar refractivity (Wildman–Crippen MR) is 76.8 cm³/mol. The lowest BCUT2D eigenvalue weighted by atomic mass is 10.2. The summed E-state index contributed by atoms with van der Waals surface area (Å²) in [7, 11) is 0. The summed E-state index contributed by atoms with van der Waals surface area (Å²) in [5.74, 6) is -1.46. The molecule has 0 atom stereocenters. The zero-order chi connectivity index (χ0) is 14.7. The van der Waals surface area contributed by atoms with Gasteiger partial charge in [0.2, 0.25) is 0 Å². The molecular weight excluding hydrogens is 351 g/mol. The van der Waals surface area contributed by atoms with Crippen molar-refractivity contribution >= 4 is 33.5 Å². The number of benzene rings is 2. The van der Waals surface area contributed by atoms with Crippen LogP contribution < -0.4 is 4.74 Å². The van der Waals surface area contributed by atoms with E-state index >= 15 is 0 Å². The maximum absolute atomic E-state index is 13.6. The fourth-order valence-corrected chi connectivity index (χ4v) is 2.08. The van der Waals surface area contributed by atoms with E-state index in [9.17, 15) is 9.18 Å². The van der Waals surface area contributed by atoms with Gasteiger partial charge in [-0.25, -0.2) is 9.18 Å². The number of aromatic carboxylic acids is 1. The molecule has 0 aliphatic rings. The van der Waals surface area contributed by atoms with E-state index in [2.05, 4.69) is 15.9 Å². The van der Waals surface area contributed by atoms with Gasteiger partial charge < -0.3 is 9.84 Å². The van der Waals surface area contributed by atoms with Crippen LogP contribution in [-0.4, -0.2) is 11.1 Å². The van der Waals surface area contributed by atoms with Gasteiger partial charge >= 0.3 is 5.97 Å². The first kappa shape index (κ1) is 14.8. The normalized spacial score (nSPS) is 10.3. The van der Waals surface area contributed by atoms with Crippen molar-refractivity contribution in [1.29, 1.82) is 0 Å². The van der Waals surface area contributed by atoms with Crippen molar-refractivity contribution in [3.8, 4) is 5.75 Å². The molecule has 0 aliphatic heterocycles. The molecule has 0 fully saturated rings. The van der Waals surface area contributed by atoms with E-state index in [4.69, 9.17) is 21.4 Å². The topological polar surface area (TPSA) is 46.5 Å². The monoisotopic (exact) mass is 358 g/mol. The van der Waals surface area contributed by atoms with E-state index in [1.54, 1.807) is 12.1 Å². The minimum absolute atomic E-state index is 0.0214. The van der Waals surface area contributed by atoms with Crippen LogP contribution in [0.3, 0.4) is 0 Å². The van der Waals surface area contributed by atoms with Gasteiger partial charge in [0.25, 0.3) is 0 Å². The van der Waals surface area contributed by atoms with E-state index in [0.29, 0.717) is 15.1 Å². The molecule has 2 aromatic rings. The lowest BCUT2D eigenvalue weighted by Crippen LogP contribution is -2.04. The lowest BCUT2D eigenvalue weighted by Gasteiger charge is -2.10. The Hall–Kier alpha value is -1.59. The average Bonchev–Trinajstić information content (AvgIpc) is 2.37. The Balaban J connectivity index is 2.22. The van der Waals surface area contributed by atoms with E-state index in [-0.39, 0.29) is 17.9 Å². The van der Waals surface area contributed by atoms with Gasteiger partial charge in [0.1, 0.15) is 23.7 Å². The molecule has 20 heavy (non-hydrogen) atoms. The van der Waals surface area contributed by atoms with Crippen LogP contribution in [0.1, 0.15) is 15.9 Å². The van der Waals surface area contributed by atoms with E-state index in [0.717, 1.165) is 0 Å². The molecule has 0 aliphatic carbocycles. The summed E-state index contributed by atoms with van der Waals surface area (Å²) in [4.78, 5) is 11.1. The third kappa shape index (κ3) is 3.49. The number of carboxylic acid groups (broad SMARTS) is 1. The number of carboxylic acids is 1. The second kappa shape index (κ2) is 6.24. The predicted octanol–water partition coefficient (Wildman–Crippen LogP) is 4.52. The number of hydrogen-bond acceptors (Lipinski definition) is 2. The highest BCUT2D eigenvalue weighted by molar-refractivity contribution is 9.10. The van der Waals surface area contributed by atoms with E-state index in [1.807, 2.05) is 0 Å². The molecule has 0 saturated carbocycles. The quantitative estimate of drug-likeness (QED) is 0.873. The molecule has 0 radical (unpaired) electrons. The van der Waals surface area contributed by atoms with Gasteiger partial charge in [0.05, 0.1) is 0 Å². The van der Waals surface area contributed by atoms with Crippen LogP contribution in [0.4, 0.5) is 4.39 Å². The first-order chi connectivity index (χ1) is 9.47. The number of hydrogen-bond donors (Lipinski definition) is 1. The highest BCUT2D eigenvalue weighted by Crippen LogP contribution is 2.25. The van der Waals surface area contributed by atoms with Gasteiger partial charge in [-0.15, -0.1) is 0 Å². The molecule has 6 heteroatoms. The molecule has 0 aromatic heterocycles. The molecule has 1 N–H and O–H groups in total. The summed E-state index contributed by atoms with van der Waals surface area (Å²) in [6, 6.07) is 8.74. The van der Waals surface area contributed by atoms with Gasteiger partial charge in [-0.05, 0) is 30.3 Å². The van der Waals surface area contributed by atoms with Gasteiger partial charge in [-0.1, -0.05) is 33.6 Å². The zero-order valence-electron chi connectivity index (χ0n) is 10.1. The highest BCUT2D eigenvalue weighted by Gasteiger charge is 2.13. The number of halogens is 3. The largest absolute Gasteiger partial charge is 0.488 e. The Bertz CT molecular complexity index is 661. The van der Waals surface area contributed by atoms with Gasteiger partial charge in [-0.3, -0.25) is 0 Å². The Morgan fingerprint density at radius 2 is 2.05 bits per heavy atom. The molecule has 2 aromatic carbocycles. The molecule has 0 bridgehead atoms. The molecule has 104 valence electrons. The second-order valence-electron chi connectivity index (χ2n) is 3.97. The Kier molecular flexibility index (Phi) is 4.62. The summed E-state index contributed by atoms with van der Waals surface area (Å²) in [6.07, 6.45) is 0. The van der Waals surface area contributed by atoms with Crippen molar-refractivity contribution in [2.45, 2.75) is 6.61 Å². The molecule has 0 spiro atoms. The number of carbonyl (C=O) groups is 1. The van der Waals surface area contributed by atoms with E-state index in [1.165, 1.54) is 24.3 Å². The molecule has 3 nitrogen and oxygen atoms in total. The van der Waals surface area contributed by atoms with Crippen LogP contribution in [0.25, 0.3) is 0 Å². The third-order valence-corrected chi connectivity index (χ3v) is 3.30. The van der Waals surface area contributed by atoms with Crippen LogP contribution in [-0.2, 0) is 6.61 Å². The van der Waals surface area contributed by atoms with Crippen molar-refractivity contribution in [2.75, 3.05) is 0 Å². The number of ether oxygens (including phenoxy) is 1. The van der Waals surface area contributed by atoms with Crippen molar-refractivity contribution < 1.29 is 19.0 Å². The molecule has 0 saturated heterocycles. The summed E-state index contributed by atoms with van der Waals surface area (Å²) in [6.45, 7) is -0.0836. The smallest absolute Gasteiger partial charge is 0.339 e. The van der Waals surface area contributed by atoms with Crippen molar-refractivity contribution in [1.82, 2.24) is 0 Å². The van der Waals surface area contributed by atoms with Crippen LogP contribution >= 0.6 is 27.5 Å². The summed E-state index contributed by atoms with van der Waals surface area (Å²) in [5, 5.41) is 9.39. The SMILES string of the molecule is O=C(O)c1ccc(Cl)cc1OCc1ccc(Br)cc1F. The minimum Gasteiger partial charge on any atom is -0.488 e. The van der Waals surface area contributed by atoms with Gasteiger partial charge in [-0.2, -0.15) is 0 Å². The molecule has 2 rings (SSSR count). The number of rotatable bonds is 4. The second-order valence-corrected chi connectivity index (χ2v) is 5.32. The maximum atomic E-state index is 13.6. The first-order valence-corrected chi connectivity index (χ1v) is 6.74. The average molecular weight is 360 g/mol. The maximum Gasteiger partial charge on any atom is 0.339 e. The van der Waals surface area contributed by atoms with Crippen LogP contribution in [0.2, 0.25) is 5.02 Å². The molecular formula is C14H9BrClFO3. The fourth-order valence-electron chi connectivity index (χ4n) is 1.59. The Morgan fingerprint density at radius 3 is 2.70 bits per heavy atom. The van der Waals surface area contributed by atoms with Crippen molar-refractivity contribution in [3.63, 3.8) is 0 Å².